The number of carbonyl (C=O) groups excluding carboxylic acids is 1. The van der Waals surface area contributed by atoms with Crippen molar-refractivity contribution in [3.8, 4) is 5.75 Å². The van der Waals surface area contributed by atoms with E-state index in [1.165, 1.54) is 5.56 Å². The fraction of sp³-hybridized carbons (Fsp3) is 0.500. The zero-order valence-corrected chi connectivity index (χ0v) is 11.5. The quantitative estimate of drug-likeness (QED) is 0.831. The highest BCUT2D eigenvalue weighted by atomic mass is 16.5. The molecule has 0 aliphatic heterocycles. The topological polar surface area (TPSA) is 64.4 Å². The van der Waals surface area contributed by atoms with Crippen LogP contribution in [-0.2, 0) is 11.2 Å². The number of methoxy groups -OCH3 is 1. The Morgan fingerprint density at radius 2 is 2.11 bits per heavy atom. The number of hydrogen-bond donors (Lipinski definition) is 2. The molecule has 0 aliphatic rings. The van der Waals surface area contributed by atoms with Crippen LogP contribution in [0.4, 0.5) is 0 Å². The van der Waals surface area contributed by atoms with Crippen molar-refractivity contribution in [1.82, 2.24) is 5.32 Å². The number of hydrogen-bond acceptors (Lipinski definition) is 3. The maximum atomic E-state index is 11.4. The molecule has 18 heavy (non-hydrogen) atoms. The fourth-order valence-corrected chi connectivity index (χ4v) is 1.80. The van der Waals surface area contributed by atoms with Crippen molar-refractivity contribution < 1.29 is 9.53 Å². The van der Waals surface area contributed by atoms with E-state index in [0.29, 0.717) is 12.3 Å². The highest BCUT2D eigenvalue weighted by molar-refractivity contribution is 5.81. The Hall–Kier alpha value is -1.55. The van der Waals surface area contributed by atoms with Gasteiger partial charge in [-0.3, -0.25) is 4.79 Å². The van der Waals surface area contributed by atoms with E-state index in [1.807, 2.05) is 12.1 Å². The van der Waals surface area contributed by atoms with Gasteiger partial charge >= 0.3 is 0 Å². The second-order valence-electron chi connectivity index (χ2n) is 4.65. The first-order chi connectivity index (χ1) is 8.49. The predicted molar refractivity (Wildman–Crippen MR) is 72.8 cm³/mol. The van der Waals surface area contributed by atoms with Crippen LogP contribution in [0, 0.1) is 0 Å². The largest absolute Gasteiger partial charge is 0.496 e. The molecule has 1 aromatic rings. The van der Waals surface area contributed by atoms with Crippen molar-refractivity contribution in [1.29, 1.82) is 0 Å². The molecule has 0 saturated carbocycles. The number of amides is 1. The third kappa shape index (κ3) is 3.47. The van der Waals surface area contributed by atoms with Gasteiger partial charge in [0.1, 0.15) is 5.75 Å². The van der Waals surface area contributed by atoms with Gasteiger partial charge in [0.15, 0.2) is 0 Å². The van der Waals surface area contributed by atoms with Crippen LogP contribution in [0.3, 0.4) is 0 Å². The van der Waals surface area contributed by atoms with E-state index >= 15 is 0 Å². The molecule has 0 radical (unpaired) electrons. The summed E-state index contributed by atoms with van der Waals surface area (Å²) in [5.41, 5.74) is 7.98. The van der Waals surface area contributed by atoms with Gasteiger partial charge in [-0.15, -0.1) is 0 Å². The Labute approximate surface area is 109 Å². The van der Waals surface area contributed by atoms with E-state index < -0.39 is 6.04 Å². The Bertz CT molecular complexity index is 416. The Morgan fingerprint density at radius 3 is 2.61 bits per heavy atom. The molecule has 0 fully saturated rings. The van der Waals surface area contributed by atoms with E-state index in [4.69, 9.17) is 10.5 Å². The van der Waals surface area contributed by atoms with Gasteiger partial charge < -0.3 is 15.8 Å². The minimum atomic E-state index is -0.547. The van der Waals surface area contributed by atoms with E-state index in [1.54, 1.807) is 14.2 Å². The average molecular weight is 250 g/mol. The Balaban J connectivity index is 2.92. The van der Waals surface area contributed by atoms with Crippen LogP contribution in [0.15, 0.2) is 18.2 Å². The Morgan fingerprint density at radius 1 is 1.44 bits per heavy atom. The zero-order valence-electron chi connectivity index (χ0n) is 11.5. The number of nitrogens with one attached hydrogen (secondary N) is 1. The number of likely N-dealkylation sites (N-methyl/N-ethyl adjacent to an activating group) is 1. The standard InChI is InChI=1S/C14H22N2O2/c1-9(2)10-5-6-11(13(8-10)18-4)7-12(15)14(17)16-3/h5-6,8-9,12H,7,15H2,1-4H3,(H,16,17). The predicted octanol–water partition coefficient (Wildman–Crippen LogP) is 1.43. The van der Waals surface area contributed by atoms with Gasteiger partial charge in [-0.25, -0.2) is 0 Å². The molecule has 100 valence electrons. The fourth-order valence-electron chi connectivity index (χ4n) is 1.80. The van der Waals surface area contributed by atoms with Gasteiger partial charge in [-0.1, -0.05) is 26.0 Å². The summed E-state index contributed by atoms with van der Waals surface area (Å²) in [5, 5.41) is 2.55. The van der Waals surface area contributed by atoms with Crippen molar-refractivity contribution in [2.24, 2.45) is 5.73 Å². The highest BCUT2D eigenvalue weighted by Crippen LogP contribution is 2.25. The summed E-state index contributed by atoms with van der Waals surface area (Å²) < 4.78 is 5.36. The zero-order chi connectivity index (χ0) is 13.7. The Kier molecular flexibility index (Phi) is 5.16. The van der Waals surface area contributed by atoms with Crippen LogP contribution in [0.5, 0.6) is 5.75 Å². The molecule has 4 heteroatoms. The molecule has 0 aromatic heterocycles. The van der Waals surface area contributed by atoms with Crippen molar-refractivity contribution in [3.63, 3.8) is 0 Å². The molecule has 0 saturated heterocycles. The van der Waals surface area contributed by atoms with Gasteiger partial charge in [-0.05, 0) is 23.1 Å². The summed E-state index contributed by atoms with van der Waals surface area (Å²) >= 11 is 0. The number of nitrogens with two attached hydrogens (primary N) is 1. The lowest BCUT2D eigenvalue weighted by Crippen LogP contribution is -2.40. The molecule has 4 nitrogen and oxygen atoms in total. The average Bonchev–Trinajstić information content (AvgIpc) is 2.37. The SMILES string of the molecule is CNC(=O)C(N)Cc1ccc(C(C)C)cc1OC. The second-order valence-corrected chi connectivity index (χ2v) is 4.65. The van der Waals surface area contributed by atoms with E-state index in [9.17, 15) is 4.79 Å². The monoisotopic (exact) mass is 250 g/mol. The molecule has 1 atom stereocenters. The molecule has 1 aromatic carbocycles. The number of rotatable bonds is 5. The molecule has 0 aliphatic carbocycles. The number of carbonyl (C=O) groups is 1. The summed E-state index contributed by atoms with van der Waals surface area (Å²) in [6, 6.07) is 5.50. The second kappa shape index (κ2) is 6.40. The van der Waals surface area contributed by atoms with Crippen LogP contribution in [-0.4, -0.2) is 26.1 Å². The summed E-state index contributed by atoms with van der Waals surface area (Å²) in [6.45, 7) is 4.26. The molecule has 1 amide bonds. The lowest BCUT2D eigenvalue weighted by atomic mass is 9.98. The van der Waals surface area contributed by atoms with Crippen LogP contribution in [0.25, 0.3) is 0 Å². The van der Waals surface area contributed by atoms with E-state index in [-0.39, 0.29) is 5.91 Å². The van der Waals surface area contributed by atoms with Gasteiger partial charge in [0, 0.05) is 13.5 Å². The lowest BCUT2D eigenvalue weighted by molar-refractivity contribution is -0.121. The van der Waals surface area contributed by atoms with Crippen molar-refractivity contribution in [3.05, 3.63) is 29.3 Å². The lowest BCUT2D eigenvalue weighted by Gasteiger charge is -2.15. The van der Waals surface area contributed by atoms with Crippen LogP contribution in [0.2, 0.25) is 0 Å². The van der Waals surface area contributed by atoms with E-state index in [0.717, 1.165) is 11.3 Å². The first kappa shape index (κ1) is 14.5. The van der Waals surface area contributed by atoms with Crippen LogP contribution >= 0.6 is 0 Å². The first-order valence-corrected chi connectivity index (χ1v) is 6.13. The number of ether oxygens (including phenoxy) is 1. The minimum absolute atomic E-state index is 0.162. The molecule has 1 unspecified atom stereocenters. The highest BCUT2D eigenvalue weighted by Gasteiger charge is 2.15. The van der Waals surface area contributed by atoms with Gasteiger partial charge in [-0.2, -0.15) is 0 Å². The van der Waals surface area contributed by atoms with E-state index in [2.05, 4.69) is 25.2 Å². The minimum Gasteiger partial charge on any atom is -0.496 e. The number of benzene rings is 1. The maximum absolute atomic E-state index is 11.4. The molecule has 1 rings (SSSR count). The summed E-state index contributed by atoms with van der Waals surface area (Å²) in [4.78, 5) is 11.4. The summed E-state index contributed by atoms with van der Waals surface area (Å²) in [7, 11) is 3.22. The third-order valence-electron chi connectivity index (χ3n) is 3.00. The van der Waals surface area contributed by atoms with Gasteiger partial charge in [0.25, 0.3) is 0 Å². The normalized spacial score (nSPS) is 12.3. The van der Waals surface area contributed by atoms with Crippen molar-refractivity contribution in [2.45, 2.75) is 32.2 Å². The smallest absolute Gasteiger partial charge is 0.237 e. The van der Waals surface area contributed by atoms with Gasteiger partial charge in [0.05, 0.1) is 13.2 Å². The van der Waals surface area contributed by atoms with Gasteiger partial charge in [0.2, 0.25) is 5.91 Å². The third-order valence-corrected chi connectivity index (χ3v) is 3.00. The summed E-state index contributed by atoms with van der Waals surface area (Å²) in [5.74, 6) is 1.08. The van der Waals surface area contributed by atoms with Crippen LogP contribution in [0.1, 0.15) is 30.9 Å². The van der Waals surface area contributed by atoms with Crippen molar-refractivity contribution >= 4 is 5.91 Å². The van der Waals surface area contributed by atoms with Crippen LogP contribution < -0.4 is 15.8 Å². The molecular formula is C14H22N2O2. The molecule has 3 N–H and O–H groups in total. The molecule has 0 spiro atoms. The summed E-state index contributed by atoms with van der Waals surface area (Å²) in [6.07, 6.45) is 0.473. The molecule has 0 heterocycles. The maximum Gasteiger partial charge on any atom is 0.237 e. The molecular weight excluding hydrogens is 228 g/mol. The van der Waals surface area contributed by atoms with Crippen molar-refractivity contribution in [2.75, 3.05) is 14.2 Å². The molecule has 0 bridgehead atoms. The first-order valence-electron chi connectivity index (χ1n) is 6.13.